The van der Waals surface area contributed by atoms with Gasteiger partial charge in [-0.15, -0.1) is 11.3 Å². The summed E-state index contributed by atoms with van der Waals surface area (Å²) in [7, 11) is 0. The average Bonchev–Trinajstić information content (AvgIpc) is 3.35. The van der Waals surface area contributed by atoms with Gasteiger partial charge in [0.05, 0.1) is 22.0 Å². The van der Waals surface area contributed by atoms with Crippen LogP contribution in [0.4, 0.5) is 0 Å². The summed E-state index contributed by atoms with van der Waals surface area (Å²) >= 11 is 1.47. The molecular formula is C21H22N4O2S. The van der Waals surface area contributed by atoms with E-state index < -0.39 is 0 Å². The minimum atomic E-state index is -0.0635. The van der Waals surface area contributed by atoms with E-state index in [0.717, 1.165) is 17.7 Å². The molecule has 0 radical (unpaired) electrons. The number of carbonyl (C=O) groups excluding carboxylic acids is 2. The van der Waals surface area contributed by atoms with Crippen molar-refractivity contribution in [3.05, 3.63) is 58.0 Å². The quantitative estimate of drug-likeness (QED) is 0.730. The van der Waals surface area contributed by atoms with E-state index in [4.69, 9.17) is 0 Å². The summed E-state index contributed by atoms with van der Waals surface area (Å²) in [5.74, 6) is -0.0957. The third-order valence-corrected chi connectivity index (χ3v) is 6.03. The molecule has 4 rings (SSSR count). The van der Waals surface area contributed by atoms with Crippen LogP contribution in [0.2, 0.25) is 0 Å². The zero-order valence-electron chi connectivity index (χ0n) is 15.9. The first-order valence-corrected chi connectivity index (χ1v) is 10.3. The number of hydrogen-bond acceptors (Lipinski definition) is 5. The van der Waals surface area contributed by atoms with Crippen molar-refractivity contribution in [2.24, 2.45) is 0 Å². The zero-order chi connectivity index (χ0) is 19.7. The zero-order valence-corrected chi connectivity index (χ0v) is 16.7. The van der Waals surface area contributed by atoms with Gasteiger partial charge in [-0.1, -0.05) is 6.07 Å². The fourth-order valence-electron chi connectivity index (χ4n) is 3.61. The molecule has 1 aliphatic rings. The van der Waals surface area contributed by atoms with Gasteiger partial charge >= 0.3 is 0 Å². The van der Waals surface area contributed by atoms with Crippen molar-refractivity contribution >= 4 is 34.2 Å². The number of likely N-dealkylation sites (tertiary alicyclic amines) is 1. The molecule has 144 valence electrons. The maximum atomic E-state index is 13.3. The van der Waals surface area contributed by atoms with E-state index in [0.29, 0.717) is 28.0 Å². The monoisotopic (exact) mass is 394 g/mol. The molecule has 1 unspecified atom stereocenters. The number of carbonyl (C=O) groups is 2. The van der Waals surface area contributed by atoms with Crippen LogP contribution in [0.3, 0.4) is 0 Å². The lowest BCUT2D eigenvalue weighted by Crippen LogP contribution is -2.30. The largest absolute Gasteiger partial charge is 0.349 e. The maximum absolute atomic E-state index is 13.3. The lowest BCUT2D eigenvalue weighted by Gasteiger charge is -2.24. The van der Waals surface area contributed by atoms with Crippen molar-refractivity contribution in [3.63, 3.8) is 0 Å². The molecule has 1 saturated heterocycles. The standard InChI is InChI=1S/C21H22N4O2S/c1-13(2)24-20(26)18-9-8-17(28-18)16-7-4-12-25(16)21(27)14-5-3-6-15-19(14)23-11-10-22-15/h3,5-6,8-11,13,16H,4,7,12H2,1-2H3,(H,24,26). The highest BCUT2D eigenvalue weighted by Crippen LogP contribution is 2.37. The summed E-state index contributed by atoms with van der Waals surface area (Å²) in [6.07, 6.45) is 5.08. The molecule has 1 N–H and O–H groups in total. The van der Waals surface area contributed by atoms with Gasteiger partial charge in [-0.05, 0) is 51.0 Å². The van der Waals surface area contributed by atoms with Gasteiger partial charge in [-0.2, -0.15) is 0 Å². The van der Waals surface area contributed by atoms with E-state index in [9.17, 15) is 9.59 Å². The second-order valence-electron chi connectivity index (χ2n) is 7.22. The van der Waals surface area contributed by atoms with E-state index in [-0.39, 0.29) is 23.9 Å². The van der Waals surface area contributed by atoms with Crippen molar-refractivity contribution in [1.82, 2.24) is 20.2 Å². The molecule has 1 atom stereocenters. The number of nitrogens with zero attached hydrogens (tertiary/aromatic N) is 3. The van der Waals surface area contributed by atoms with Crippen LogP contribution in [0.5, 0.6) is 0 Å². The Morgan fingerprint density at radius 1 is 1.18 bits per heavy atom. The van der Waals surface area contributed by atoms with Crippen LogP contribution in [0.25, 0.3) is 11.0 Å². The first-order chi connectivity index (χ1) is 13.5. The highest BCUT2D eigenvalue weighted by atomic mass is 32.1. The minimum Gasteiger partial charge on any atom is -0.349 e. The Hall–Kier alpha value is -2.80. The number of hydrogen-bond donors (Lipinski definition) is 1. The maximum Gasteiger partial charge on any atom is 0.261 e. The van der Waals surface area contributed by atoms with Gasteiger partial charge in [-0.25, -0.2) is 0 Å². The molecule has 0 aliphatic carbocycles. The van der Waals surface area contributed by atoms with Crippen LogP contribution >= 0.6 is 11.3 Å². The smallest absolute Gasteiger partial charge is 0.261 e. The highest BCUT2D eigenvalue weighted by Gasteiger charge is 2.32. The number of thiophene rings is 1. The molecule has 3 heterocycles. The van der Waals surface area contributed by atoms with Crippen LogP contribution in [0.15, 0.2) is 42.7 Å². The highest BCUT2D eigenvalue weighted by molar-refractivity contribution is 7.14. The number of fused-ring (bicyclic) bond motifs is 1. The average molecular weight is 394 g/mol. The second kappa shape index (κ2) is 7.67. The molecule has 0 bridgehead atoms. The SMILES string of the molecule is CC(C)NC(=O)c1ccc(C2CCCN2C(=O)c2cccc3nccnc23)s1. The Kier molecular flexibility index (Phi) is 5.09. The third kappa shape index (κ3) is 3.49. The summed E-state index contributed by atoms with van der Waals surface area (Å²) in [6.45, 7) is 4.58. The fourth-order valence-corrected chi connectivity index (χ4v) is 4.67. The van der Waals surface area contributed by atoms with Gasteiger partial charge in [0, 0.05) is 29.9 Å². The molecular weight excluding hydrogens is 372 g/mol. The number of amides is 2. The molecule has 0 spiro atoms. The summed E-state index contributed by atoms with van der Waals surface area (Å²) in [5.41, 5.74) is 1.92. The second-order valence-corrected chi connectivity index (χ2v) is 8.33. The molecule has 1 fully saturated rings. The molecule has 2 aromatic heterocycles. The van der Waals surface area contributed by atoms with E-state index in [2.05, 4.69) is 15.3 Å². The van der Waals surface area contributed by atoms with Crippen molar-refractivity contribution in [2.75, 3.05) is 6.54 Å². The van der Waals surface area contributed by atoms with Crippen molar-refractivity contribution in [2.45, 2.75) is 38.8 Å². The number of nitrogens with one attached hydrogen (secondary N) is 1. The number of aromatic nitrogens is 2. The van der Waals surface area contributed by atoms with Gasteiger partial charge < -0.3 is 10.2 Å². The normalized spacial score (nSPS) is 16.7. The van der Waals surface area contributed by atoms with Crippen molar-refractivity contribution < 1.29 is 9.59 Å². The molecule has 2 amide bonds. The van der Waals surface area contributed by atoms with Gasteiger partial charge in [0.2, 0.25) is 0 Å². The van der Waals surface area contributed by atoms with E-state index >= 15 is 0 Å². The Morgan fingerprint density at radius 3 is 2.82 bits per heavy atom. The van der Waals surface area contributed by atoms with E-state index in [1.807, 2.05) is 49.1 Å². The van der Waals surface area contributed by atoms with Crippen LogP contribution in [-0.2, 0) is 0 Å². The number of rotatable bonds is 4. The molecule has 3 aromatic rings. The molecule has 0 saturated carbocycles. The van der Waals surface area contributed by atoms with Gasteiger partial charge in [0.25, 0.3) is 11.8 Å². The molecule has 7 heteroatoms. The van der Waals surface area contributed by atoms with Crippen LogP contribution in [-0.4, -0.2) is 39.3 Å². The van der Waals surface area contributed by atoms with E-state index in [1.54, 1.807) is 12.4 Å². The predicted octanol–water partition coefficient (Wildman–Crippen LogP) is 3.81. The molecule has 28 heavy (non-hydrogen) atoms. The summed E-state index contributed by atoms with van der Waals surface area (Å²) < 4.78 is 0. The topological polar surface area (TPSA) is 75.2 Å². The van der Waals surface area contributed by atoms with Crippen molar-refractivity contribution in [3.8, 4) is 0 Å². The lowest BCUT2D eigenvalue weighted by atomic mass is 10.1. The first kappa shape index (κ1) is 18.6. The Balaban J connectivity index is 1.61. The van der Waals surface area contributed by atoms with Crippen molar-refractivity contribution in [1.29, 1.82) is 0 Å². The minimum absolute atomic E-state index is 0.00923. The first-order valence-electron chi connectivity index (χ1n) is 9.46. The summed E-state index contributed by atoms with van der Waals surface area (Å²) in [5, 5.41) is 2.92. The Labute approximate surface area is 167 Å². The molecule has 1 aliphatic heterocycles. The van der Waals surface area contributed by atoms with Crippen LogP contribution in [0, 0.1) is 0 Å². The predicted molar refractivity (Wildman–Crippen MR) is 109 cm³/mol. The molecule has 1 aromatic carbocycles. The van der Waals surface area contributed by atoms with E-state index in [1.165, 1.54) is 11.3 Å². The fraction of sp³-hybridized carbons (Fsp3) is 0.333. The van der Waals surface area contributed by atoms with Crippen LogP contribution in [0.1, 0.15) is 57.6 Å². The van der Waals surface area contributed by atoms with Gasteiger partial charge in [0.1, 0.15) is 5.52 Å². The molecule has 6 nitrogen and oxygen atoms in total. The number of para-hydroxylation sites is 1. The Morgan fingerprint density at radius 2 is 2.00 bits per heavy atom. The van der Waals surface area contributed by atoms with Crippen LogP contribution < -0.4 is 5.32 Å². The summed E-state index contributed by atoms with van der Waals surface area (Å²) in [4.78, 5) is 37.9. The van der Waals surface area contributed by atoms with Gasteiger partial charge in [0.15, 0.2) is 0 Å². The van der Waals surface area contributed by atoms with Gasteiger partial charge in [-0.3, -0.25) is 19.6 Å². The lowest BCUT2D eigenvalue weighted by molar-refractivity contribution is 0.0739. The number of benzene rings is 1. The summed E-state index contributed by atoms with van der Waals surface area (Å²) in [6, 6.07) is 9.42. The third-order valence-electron chi connectivity index (χ3n) is 4.84. The Bertz CT molecular complexity index is 1020.